The number of aliphatic hydroxyl groups excluding tert-OH is 1. The Labute approximate surface area is 102 Å². The highest BCUT2D eigenvalue weighted by Gasteiger charge is 2.11. The number of rotatable bonds is 9. The van der Waals surface area contributed by atoms with Crippen molar-refractivity contribution in [3.63, 3.8) is 0 Å². The Morgan fingerprint density at radius 1 is 1.18 bits per heavy atom. The number of hydrogen-bond donors (Lipinski definition) is 1. The van der Waals surface area contributed by atoms with Gasteiger partial charge < -0.3 is 14.6 Å². The van der Waals surface area contributed by atoms with Gasteiger partial charge in [-0.15, -0.1) is 5.10 Å². The van der Waals surface area contributed by atoms with Crippen LogP contribution in [0.2, 0.25) is 0 Å². The first-order chi connectivity index (χ1) is 8.33. The van der Waals surface area contributed by atoms with Crippen molar-refractivity contribution >= 4 is 0 Å². The van der Waals surface area contributed by atoms with Crippen LogP contribution in [0.1, 0.15) is 24.2 Å². The number of nitrogens with zero attached hydrogens (tertiary/aromatic N) is 3. The highest BCUT2D eigenvalue weighted by Crippen LogP contribution is 2.08. The monoisotopic (exact) mass is 243 g/mol. The lowest BCUT2D eigenvalue weighted by atomic mass is 10.2. The molecule has 0 bridgehead atoms. The van der Waals surface area contributed by atoms with Crippen LogP contribution in [0.15, 0.2) is 0 Å². The van der Waals surface area contributed by atoms with Crippen molar-refractivity contribution in [3.8, 4) is 0 Å². The highest BCUT2D eigenvalue weighted by atomic mass is 16.5. The van der Waals surface area contributed by atoms with Crippen LogP contribution < -0.4 is 0 Å². The molecule has 17 heavy (non-hydrogen) atoms. The molecular formula is C11H21N3O3. The lowest BCUT2D eigenvalue weighted by molar-refractivity contribution is 0.189. The molecule has 0 aliphatic carbocycles. The van der Waals surface area contributed by atoms with Crippen molar-refractivity contribution in [2.75, 3.05) is 27.4 Å². The summed E-state index contributed by atoms with van der Waals surface area (Å²) in [5.74, 6) is 0. The van der Waals surface area contributed by atoms with Gasteiger partial charge in [0.15, 0.2) is 0 Å². The van der Waals surface area contributed by atoms with E-state index in [4.69, 9.17) is 14.6 Å². The van der Waals surface area contributed by atoms with Crippen molar-refractivity contribution in [2.24, 2.45) is 0 Å². The number of unbranched alkanes of at least 4 members (excludes halogenated alkanes) is 1. The molecule has 1 aromatic rings. The molecule has 0 saturated heterocycles. The largest absolute Gasteiger partial charge is 0.390 e. The summed E-state index contributed by atoms with van der Waals surface area (Å²) in [6.45, 7) is 2.10. The normalized spacial score (nSPS) is 11.0. The van der Waals surface area contributed by atoms with Gasteiger partial charge in [-0.05, 0) is 12.8 Å². The third kappa shape index (κ3) is 4.41. The third-order valence-corrected chi connectivity index (χ3v) is 2.58. The minimum absolute atomic E-state index is 0.0723. The maximum absolute atomic E-state index is 9.16. The average Bonchev–Trinajstić information content (AvgIpc) is 2.74. The van der Waals surface area contributed by atoms with Crippen LogP contribution in [0.3, 0.4) is 0 Å². The van der Waals surface area contributed by atoms with Gasteiger partial charge in [0.2, 0.25) is 0 Å². The molecule has 1 rings (SSSR count). The van der Waals surface area contributed by atoms with Crippen molar-refractivity contribution in [1.82, 2.24) is 15.0 Å². The molecule has 6 nitrogen and oxygen atoms in total. The smallest absolute Gasteiger partial charge is 0.111 e. The van der Waals surface area contributed by atoms with E-state index in [2.05, 4.69) is 10.3 Å². The molecule has 0 radical (unpaired) electrons. The van der Waals surface area contributed by atoms with Gasteiger partial charge >= 0.3 is 0 Å². The average molecular weight is 243 g/mol. The summed E-state index contributed by atoms with van der Waals surface area (Å²) in [5.41, 5.74) is 1.61. The number of methoxy groups -OCH3 is 2. The first kappa shape index (κ1) is 14.1. The van der Waals surface area contributed by atoms with Crippen molar-refractivity contribution in [2.45, 2.75) is 32.4 Å². The number of aryl methyl sites for hydroxylation is 1. The van der Waals surface area contributed by atoms with Crippen LogP contribution in [0.25, 0.3) is 0 Å². The molecule has 0 spiro atoms. The van der Waals surface area contributed by atoms with E-state index in [1.807, 2.05) is 4.68 Å². The predicted molar refractivity (Wildman–Crippen MR) is 62.6 cm³/mol. The fourth-order valence-corrected chi connectivity index (χ4v) is 1.65. The summed E-state index contributed by atoms with van der Waals surface area (Å²) >= 11 is 0. The fraction of sp³-hybridized carbons (Fsp3) is 0.818. The van der Waals surface area contributed by atoms with E-state index in [0.29, 0.717) is 12.3 Å². The molecule has 0 amide bonds. The zero-order valence-electron chi connectivity index (χ0n) is 10.6. The van der Waals surface area contributed by atoms with Crippen LogP contribution in [0, 0.1) is 0 Å². The van der Waals surface area contributed by atoms with Gasteiger partial charge in [0.25, 0.3) is 0 Å². The lowest BCUT2D eigenvalue weighted by Crippen LogP contribution is -2.09. The number of hydrogen-bond acceptors (Lipinski definition) is 5. The molecule has 0 unspecified atom stereocenters. The van der Waals surface area contributed by atoms with Gasteiger partial charge in [-0.2, -0.15) is 0 Å². The molecular weight excluding hydrogens is 222 g/mol. The van der Waals surface area contributed by atoms with Gasteiger partial charge in [0.1, 0.15) is 5.69 Å². The van der Waals surface area contributed by atoms with E-state index in [1.165, 1.54) is 0 Å². The molecule has 0 aromatic carbocycles. The SMILES string of the molecule is COCCCCn1nnc(CO)c1CCOC. The third-order valence-electron chi connectivity index (χ3n) is 2.58. The van der Waals surface area contributed by atoms with E-state index >= 15 is 0 Å². The molecule has 98 valence electrons. The Hall–Kier alpha value is -0.980. The lowest BCUT2D eigenvalue weighted by Gasteiger charge is -2.07. The van der Waals surface area contributed by atoms with Crippen molar-refractivity contribution < 1.29 is 14.6 Å². The van der Waals surface area contributed by atoms with Crippen LogP contribution in [0.4, 0.5) is 0 Å². The van der Waals surface area contributed by atoms with Crippen LogP contribution in [-0.2, 0) is 29.0 Å². The first-order valence-corrected chi connectivity index (χ1v) is 5.83. The second kappa shape index (κ2) is 8.16. The van der Waals surface area contributed by atoms with E-state index in [1.54, 1.807) is 14.2 Å². The highest BCUT2D eigenvalue weighted by molar-refractivity contribution is 5.09. The molecule has 1 aromatic heterocycles. The Morgan fingerprint density at radius 3 is 2.59 bits per heavy atom. The van der Waals surface area contributed by atoms with Crippen LogP contribution >= 0.6 is 0 Å². The zero-order valence-corrected chi connectivity index (χ0v) is 10.6. The second-order valence-corrected chi connectivity index (χ2v) is 3.81. The molecule has 0 aliphatic rings. The van der Waals surface area contributed by atoms with E-state index < -0.39 is 0 Å². The first-order valence-electron chi connectivity index (χ1n) is 5.83. The number of aromatic nitrogens is 3. The Bertz CT molecular complexity index is 315. The van der Waals surface area contributed by atoms with Gasteiger partial charge in [-0.1, -0.05) is 5.21 Å². The zero-order chi connectivity index (χ0) is 12.5. The van der Waals surface area contributed by atoms with E-state index in [9.17, 15) is 0 Å². The molecule has 0 atom stereocenters. The van der Waals surface area contributed by atoms with E-state index in [-0.39, 0.29) is 6.61 Å². The molecule has 1 heterocycles. The molecule has 6 heteroatoms. The standard InChI is InChI=1S/C11H21N3O3/c1-16-7-4-3-6-14-11(5-8-17-2)10(9-15)12-13-14/h15H,3-9H2,1-2H3. The minimum atomic E-state index is -0.0723. The Balaban J connectivity index is 2.53. The maximum Gasteiger partial charge on any atom is 0.111 e. The Morgan fingerprint density at radius 2 is 1.94 bits per heavy atom. The number of ether oxygens (including phenoxy) is 2. The summed E-state index contributed by atoms with van der Waals surface area (Å²) in [6, 6.07) is 0. The summed E-state index contributed by atoms with van der Waals surface area (Å²) in [6.07, 6.45) is 2.71. The Kier molecular flexibility index (Phi) is 6.76. The fourth-order valence-electron chi connectivity index (χ4n) is 1.65. The van der Waals surface area contributed by atoms with Crippen LogP contribution in [0.5, 0.6) is 0 Å². The summed E-state index contributed by atoms with van der Waals surface area (Å²) in [4.78, 5) is 0. The predicted octanol–water partition coefficient (Wildman–Crippen LogP) is 0.386. The van der Waals surface area contributed by atoms with Crippen molar-refractivity contribution in [3.05, 3.63) is 11.4 Å². The topological polar surface area (TPSA) is 69.4 Å². The van der Waals surface area contributed by atoms with Crippen LogP contribution in [-0.4, -0.2) is 47.5 Å². The second-order valence-electron chi connectivity index (χ2n) is 3.81. The van der Waals surface area contributed by atoms with Gasteiger partial charge in [-0.25, -0.2) is 4.68 Å². The molecule has 0 aliphatic heterocycles. The number of aliphatic hydroxyl groups is 1. The molecule has 0 fully saturated rings. The summed E-state index contributed by atoms with van der Waals surface area (Å²) in [5, 5.41) is 17.2. The minimum Gasteiger partial charge on any atom is -0.390 e. The summed E-state index contributed by atoms with van der Waals surface area (Å²) < 4.78 is 11.9. The molecule has 0 saturated carbocycles. The summed E-state index contributed by atoms with van der Waals surface area (Å²) in [7, 11) is 3.36. The van der Waals surface area contributed by atoms with Gasteiger partial charge in [0, 0.05) is 33.8 Å². The quantitative estimate of drug-likeness (QED) is 0.635. The van der Waals surface area contributed by atoms with Gasteiger partial charge in [-0.3, -0.25) is 0 Å². The molecule has 1 N–H and O–H groups in total. The van der Waals surface area contributed by atoms with E-state index in [0.717, 1.165) is 38.1 Å². The van der Waals surface area contributed by atoms with Gasteiger partial charge in [0.05, 0.1) is 18.9 Å². The van der Waals surface area contributed by atoms with Crippen molar-refractivity contribution in [1.29, 1.82) is 0 Å². The maximum atomic E-state index is 9.16.